The SMILES string of the molecule is CP(C)(=O)CC#N.[2H]C([2H])(C#N)P(C)(C)=O.[2H]O[2H]. The summed E-state index contributed by atoms with van der Waals surface area (Å²) in [5, 5.41) is 16.1. The Bertz CT molecular complexity index is 419. The standard InChI is InChI=1S/2C4H8NOP.H2O/c2*1-7(2,6)4-3-5;/h2*4H2,1-2H3;1H2/i4D2;;/hD2. The van der Waals surface area contributed by atoms with Gasteiger partial charge in [-0.1, -0.05) is 0 Å². The zero-order chi connectivity index (χ0) is 16.3. The van der Waals surface area contributed by atoms with Gasteiger partial charge in [0.2, 0.25) is 2.86 Å². The molecule has 0 heterocycles. The van der Waals surface area contributed by atoms with Gasteiger partial charge in [0.25, 0.3) is 0 Å². The van der Waals surface area contributed by atoms with Crippen LogP contribution in [0, 0.1) is 22.7 Å². The Morgan fingerprint density at radius 3 is 1.60 bits per heavy atom. The highest BCUT2D eigenvalue weighted by Gasteiger charge is 2.03. The van der Waals surface area contributed by atoms with Crippen LogP contribution in [0.1, 0.15) is 2.74 Å². The van der Waals surface area contributed by atoms with Crippen LogP contribution >= 0.6 is 14.3 Å². The van der Waals surface area contributed by atoms with Gasteiger partial charge < -0.3 is 14.6 Å². The van der Waals surface area contributed by atoms with E-state index in [1.165, 1.54) is 19.4 Å². The van der Waals surface area contributed by atoms with E-state index in [0.29, 0.717) is 0 Å². The molecule has 0 aliphatic heterocycles. The minimum atomic E-state index is -2.90. The lowest BCUT2D eigenvalue weighted by molar-refractivity contribution is 0.583. The Hall–Kier alpha value is -0.600. The smallest absolute Gasteiger partial charge is 0.206 e. The minimum Gasteiger partial charge on any atom is -0.412 e. The van der Waals surface area contributed by atoms with E-state index in [2.05, 4.69) is 5.48 Å². The van der Waals surface area contributed by atoms with Gasteiger partial charge in [-0.2, -0.15) is 10.5 Å². The number of rotatable bonds is 2. The van der Waals surface area contributed by atoms with Crippen molar-refractivity contribution in [1.29, 1.82) is 13.4 Å². The van der Waals surface area contributed by atoms with Gasteiger partial charge in [-0.3, -0.25) is 0 Å². The molecular weight excluding hydrogens is 234 g/mol. The molecule has 0 unspecified atom stereocenters. The molecule has 88 valence electrons. The molecule has 0 amide bonds. The number of hydrogen-bond acceptors (Lipinski definition) is 4. The normalized spacial score (nSPS) is 14.0. The third-order valence-corrected chi connectivity index (χ3v) is 2.31. The van der Waals surface area contributed by atoms with E-state index in [1.807, 2.05) is 6.07 Å². The molecule has 0 radical (unpaired) electrons. The summed E-state index contributed by atoms with van der Waals surface area (Å²) < 4.78 is 45.9. The summed E-state index contributed by atoms with van der Waals surface area (Å²) in [5.74, 6) is 0. The van der Waals surface area contributed by atoms with Gasteiger partial charge in [0, 0.05) is 0 Å². The van der Waals surface area contributed by atoms with E-state index in [9.17, 15) is 9.13 Å². The van der Waals surface area contributed by atoms with Crippen molar-refractivity contribution in [3.8, 4) is 12.1 Å². The van der Waals surface area contributed by atoms with Crippen LogP contribution in [0.25, 0.3) is 0 Å². The summed E-state index contributed by atoms with van der Waals surface area (Å²) in [5.41, 5.74) is 2.75. The van der Waals surface area contributed by atoms with E-state index >= 15 is 0 Å². The molecule has 0 fully saturated rings. The lowest BCUT2D eigenvalue weighted by Crippen LogP contribution is -1.77. The topological polar surface area (TPSA) is 113 Å². The van der Waals surface area contributed by atoms with Crippen molar-refractivity contribution in [2.75, 3.05) is 38.9 Å². The van der Waals surface area contributed by atoms with Crippen LogP contribution in [0.3, 0.4) is 0 Å². The largest absolute Gasteiger partial charge is 0.412 e. The summed E-state index contributed by atoms with van der Waals surface area (Å²) in [7, 11) is -4.92. The molecule has 0 rings (SSSR count). The van der Waals surface area contributed by atoms with Gasteiger partial charge in [-0.15, -0.1) is 0 Å². The molecule has 0 aromatic heterocycles. The van der Waals surface area contributed by atoms with Crippen molar-refractivity contribution in [2.24, 2.45) is 0 Å². The molecule has 0 aliphatic rings. The van der Waals surface area contributed by atoms with Crippen LogP contribution in [-0.2, 0) is 9.13 Å². The van der Waals surface area contributed by atoms with Crippen molar-refractivity contribution in [1.82, 2.24) is 0 Å². The number of nitriles is 2. The molecule has 0 atom stereocenters. The molecule has 0 aromatic carbocycles. The Morgan fingerprint density at radius 2 is 1.60 bits per heavy atom. The predicted octanol–water partition coefficient (Wildman–Crippen LogP) is 1.44. The third-order valence-electron chi connectivity index (χ3n) is 0.771. The van der Waals surface area contributed by atoms with Crippen LogP contribution in [-0.4, -0.2) is 47.3 Å². The minimum absolute atomic E-state index is 0.201. The Balaban J connectivity index is -0.000000228. The first-order valence-corrected chi connectivity index (χ1v) is 9.13. The highest BCUT2D eigenvalue weighted by atomic mass is 31.2. The summed E-state index contributed by atoms with van der Waals surface area (Å²) in [6, 6.07) is 3.20. The number of hydrogen-bond donors (Lipinski definition) is 0. The van der Waals surface area contributed by atoms with E-state index in [0.717, 1.165) is 0 Å². The second-order valence-electron chi connectivity index (χ2n) is 3.46. The zero-order valence-corrected chi connectivity index (χ0v) is 11.0. The van der Waals surface area contributed by atoms with Crippen molar-refractivity contribution < 1.29 is 17.4 Å². The van der Waals surface area contributed by atoms with Crippen LogP contribution in [0.5, 0.6) is 0 Å². The highest BCUT2D eigenvalue weighted by Crippen LogP contribution is 2.34. The first-order valence-electron chi connectivity index (χ1n) is 5.56. The quantitative estimate of drug-likeness (QED) is 0.695. The van der Waals surface area contributed by atoms with E-state index < -0.39 is 20.4 Å². The third kappa shape index (κ3) is 31.8. The summed E-state index contributed by atoms with van der Waals surface area (Å²) >= 11 is 0. The molecule has 7 heteroatoms. The molecule has 0 aromatic rings. The average molecular weight is 256 g/mol. The lowest BCUT2D eigenvalue weighted by atomic mass is 10.9. The predicted molar refractivity (Wildman–Crippen MR) is 63.5 cm³/mol. The Labute approximate surface area is 96.9 Å². The number of nitrogens with zero attached hydrogens (tertiary/aromatic N) is 2. The lowest BCUT2D eigenvalue weighted by Gasteiger charge is -1.93. The maximum absolute atomic E-state index is 10.9. The van der Waals surface area contributed by atoms with Crippen molar-refractivity contribution in [3.05, 3.63) is 0 Å². The molecule has 0 aliphatic carbocycles. The monoisotopic (exact) mass is 256 g/mol. The molecule has 0 bridgehead atoms. The van der Waals surface area contributed by atoms with Crippen molar-refractivity contribution in [2.45, 2.75) is 0 Å². The van der Waals surface area contributed by atoms with Crippen LogP contribution in [0.4, 0.5) is 0 Å². The fourth-order valence-electron chi connectivity index (χ4n) is 0.291. The van der Waals surface area contributed by atoms with Crippen LogP contribution < -0.4 is 0 Å². The first-order chi connectivity index (χ1) is 8.29. The molecular formula is C8H18N2O3P2. The fourth-order valence-corrected chi connectivity index (χ4v) is 0.872. The van der Waals surface area contributed by atoms with Crippen molar-refractivity contribution in [3.63, 3.8) is 0 Å². The van der Waals surface area contributed by atoms with Gasteiger partial charge in [-0.25, -0.2) is 0 Å². The maximum atomic E-state index is 10.9. The maximum Gasteiger partial charge on any atom is 0.206 e. The summed E-state index contributed by atoms with van der Waals surface area (Å²) in [4.78, 5) is 0. The van der Waals surface area contributed by atoms with E-state index in [-0.39, 0.29) is 6.16 Å². The van der Waals surface area contributed by atoms with Gasteiger partial charge in [-0.05, 0) is 26.7 Å². The fraction of sp³-hybridized carbons (Fsp3) is 0.750. The highest BCUT2D eigenvalue weighted by molar-refractivity contribution is 7.62. The average Bonchev–Trinajstić information content (AvgIpc) is 2.16. The van der Waals surface area contributed by atoms with E-state index in [1.54, 1.807) is 13.3 Å². The molecule has 2 N–H and O–H groups in total. The van der Waals surface area contributed by atoms with Crippen molar-refractivity contribution >= 4 is 14.3 Å². The van der Waals surface area contributed by atoms with Gasteiger partial charge in [0.1, 0.15) is 0 Å². The van der Waals surface area contributed by atoms with Crippen LogP contribution in [0.2, 0.25) is 0 Å². The molecule has 0 spiro atoms. The second kappa shape index (κ2) is 8.69. The molecule has 5 nitrogen and oxygen atoms in total. The second-order valence-corrected chi connectivity index (χ2v) is 9.85. The first kappa shape index (κ1) is 10.9. The Morgan fingerprint density at radius 1 is 1.20 bits per heavy atom. The van der Waals surface area contributed by atoms with E-state index in [4.69, 9.17) is 16.1 Å². The zero-order valence-electron chi connectivity index (χ0n) is 13.2. The molecule has 15 heavy (non-hydrogen) atoms. The Kier molecular flexibility index (Phi) is 6.31. The van der Waals surface area contributed by atoms with Crippen LogP contribution in [0.15, 0.2) is 0 Å². The molecule has 0 saturated carbocycles. The van der Waals surface area contributed by atoms with Gasteiger partial charge in [0.15, 0.2) is 0 Å². The summed E-state index contributed by atoms with van der Waals surface area (Å²) in [6.07, 6.45) is -1.96. The summed E-state index contributed by atoms with van der Waals surface area (Å²) in [6.45, 7) is 5.74. The van der Waals surface area contributed by atoms with Gasteiger partial charge >= 0.3 is 0 Å². The molecule has 0 saturated heterocycles. The van der Waals surface area contributed by atoms with Gasteiger partial charge in [0.05, 0.1) is 41.4 Å².